The number of hydrogen-bond donors (Lipinski definition) is 1. The van der Waals surface area contributed by atoms with Crippen LogP contribution in [0.4, 0.5) is 4.39 Å². The van der Waals surface area contributed by atoms with E-state index in [0.717, 1.165) is 11.3 Å². The summed E-state index contributed by atoms with van der Waals surface area (Å²) in [5.74, 6) is 0.686. The number of nitrogens with zero attached hydrogens (tertiary/aromatic N) is 1. The monoisotopic (exact) mass is 387 g/mol. The molecule has 0 atom stereocenters. The van der Waals surface area contributed by atoms with Crippen LogP contribution in [0.1, 0.15) is 24.0 Å². The first-order valence-electron chi connectivity index (χ1n) is 9.43. The average Bonchev–Trinajstić information content (AvgIpc) is 2.69. The highest BCUT2D eigenvalue weighted by atomic mass is 19.1. The summed E-state index contributed by atoms with van der Waals surface area (Å²) in [6, 6.07) is 11.4. The predicted octanol–water partition coefficient (Wildman–Crippen LogP) is 3.25. The molecule has 2 aromatic carbocycles. The van der Waals surface area contributed by atoms with E-state index in [1.165, 1.54) is 29.8 Å². The van der Waals surface area contributed by atoms with Gasteiger partial charge in [0, 0.05) is 13.1 Å². The van der Waals surface area contributed by atoms with Crippen LogP contribution in [-0.2, 0) is 4.79 Å². The lowest BCUT2D eigenvalue weighted by atomic mass is 9.92. The summed E-state index contributed by atoms with van der Waals surface area (Å²) in [5, 5.41) is 10.8. The molecule has 1 N–H and O–H groups in total. The van der Waals surface area contributed by atoms with E-state index in [1.54, 1.807) is 4.90 Å². The number of amides is 1. The van der Waals surface area contributed by atoms with Crippen LogP contribution >= 0.6 is 0 Å². The number of carbonyl (C=O) groups excluding carboxylic acids is 1. The second-order valence-electron chi connectivity index (χ2n) is 7.38. The Labute approximate surface area is 164 Å². The molecule has 28 heavy (non-hydrogen) atoms. The lowest BCUT2D eigenvalue weighted by Crippen LogP contribution is -2.50. The van der Waals surface area contributed by atoms with Crippen LogP contribution in [0.25, 0.3) is 0 Å². The molecule has 0 radical (unpaired) electrons. The van der Waals surface area contributed by atoms with Gasteiger partial charge in [-0.15, -0.1) is 0 Å². The number of aliphatic hydroxyl groups is 1. The smallest absolute Gasteiger partial charge is 0.260 e. The van der Waals surface area contributed by atoms with Gasteiger partial charge in [0.05, 0.1) is 0 Å². The molecule has 0 unspecified atom stereocenters. The van der Waals surface area contributed by atoms with Crippen LogP contribution in [0, 0.1) is 19.7 Å². The molecule has 1 aliphatic rings. The van der Waals surface area contributed by atoms with E-state index >= 15 is 0 Å². The summed E-state index contributed by atoms with van der Waals surface area (Å²) < 4.78 is 24.1. The second-order valence-corrected chi connectivity index (χ2v) is 7.38. The maximum atomic E-state index is 12.9. The number of halogens is 1. The lowest BCUT2D eigenvalue weighted by molar-refractivity contribution is -0.138. The number of ether oxygens (including phenoxy) is 2. The molecule has 1 saturated heterocycles. The molecule has 0 aliphatic carbocycles. The van der Waals surface area contributed by atoms with Crippen molar-refractivity contribution in [2.24, 2.45) is 0 Å². The molecular weight excluding hydrogens is 361 g/mol. The minimum Gasteiger partial charge on any atom is -0.491 e. The second kappa shape index (κ2) is 8.61. The van der Waals surface area contributed by atoms with Gasteiger partial charge >= 0.3 is 0 Å². The number of carbonyl (C=O) groups is 1. The average molecular weight is 387 g/mol. The zero-order valence-corrected chi connectivity index (χ0v) is 16.3. The van der Waals surface area contributed by atoms with E-state index in [1.807, 2.05) is 32.0 Å². The van der Waals surface area contributed by atoms with Crippen molar-refractivity contribution >= 4 is 5.91 Å². The Balaban J connectivity index is 1.45. The Morgan fingerprint density at radius 3 is 2.32 bits per heavy atom. The normalized spacial score (nSPS) is 15.9. The minimum absolute atomic E-state index is 0.108. The van der Waals surface area contributed by atoms with Crippen molar-refractivity contribution in [3.05, 3.63) is 59.4 Å². The third kappa shape index (κ3) is 5.23. The topological polar surface area (TPSA) is 59.0 Å². The molecule has 1 heterocycles. The van der Waals surface area contributed by atoms with Crippen molar-refractivity contribution in [1.29, 1.82) is 0 Å². The minimum atomic E-state index is -0.951. The summed E-state index contributed by atoms with van der Waals surface area (Å²) in [4.78, 5) is 14.0. The fourth-order valence-electron chi connectivity index (χ4n) is 3.11. The van der Waals surface area contributed by atoms with Gasteiger partial charge in [-0.05, 0) is 74.2 Å². The summed E-state index contributed by atoms with van der Waals surface area (Å²) in [7, 11) is 0. The summed E-state index contributed by atoms with van der Waals surface area (Å²) in [6.07, 6.45) is 0.889. The number of likely N-dealkylation sites (tertiary alicyclic amines) is 1. The SMILES string of the molecule is Cc1ccc(OCC2(O)CCN(C(=O)COc3ccc(F)cc3)CC2)cc1C. The molecule has 150 valence electrons. The zero-order valence-electron chi connectivity index (χ0n) is 16.3. The van der Waals surface area contributed by atoms with Gasteiger partial charge in [-0.1, -0.05) is 6.07 Å². The molecular formula is C22H26FNO4. The van der Waals surface area contributed by atoms with E-state index in [9.17, 15) is 14.3 Å². The molecule has 6 heteroatoms. The highest BCUT2D eigenvalue weighted by molar-refractivity contribution is 5.77. The molecule has 1 fully saturated rings. The quantitative estimate of drug-likeness (QED) is 0.827. The summed E-state index contributed by atoms with van der Waals surface area (Å²) >= 11 is 0. The molecule has 0 aromatic heterocycles. The van der Waals surface area contributed by atoms with E-state index in [-0.39, 0.29) is 24.9 Å². The summed E-state index contributed by atoms with van der Waals surface area (Å²) in [5.41, 5.74) is 1.39. The van der Waals surface area contributed by atoms with Crippen molar-refractivity contribution in [2.75, 3.05) is 26.3 Å². The molecule has 0 saturated carbocycles. The number of piperidine rings is 1. The number of benzene rings is 2. The largest absolute Gasteiger partial charge is 0.491 e. The third-order valence-corrected chi connectivity index (χ3v) is 5.21. The standard InChI is InChI=1S/C22H26FNO4/c1-16-3-6-20(13-17(16)2)28-15-22(26)9-11-24(12-10-22)21(25)14-27-19-7-4-18(23)5-8-19/h3-8,13,26H,9-12,14-15H2,1-2H3. The van der Waals surface area contributed by atoms with E-state index < -0.39 is 5.60 Å². The number of rotatable bonds is 6. The lowest BCUT2D eigenvalue weighted by Gasteiger charge is -2.37. The zero-order chi connectivity index (χ0) is 20.1. The fraction of sp³-hybridized carbons (Fsp3) is 0.409. The Morgan fingerprint density at radius 1 is 1.04 bits per heavy atom. The predicted molar refractivity (Wildman–Crippen MR) is 104 cm³/mol. The van der Waals surface area contributed by atoms with Crippen molar-refractivity contribution in [1.82, 2.24) is 4.90 Å². The van der Waals surface area contributed by atoms with E-state index in [2.05, 4.69) is 0 Å². The van der Waals surface area contributed by atoms with Gasteiger partial charge in [0.25, 0.3) is 5.91 Å². The third-order valence-electron chi connectivity index (χ3n) is 5.21. The Hall–Kier alpha value is -2.60. The maximum Gasteiger partial charge on any atom is 0.260 e. The molecule has 5 nitrogen and oxygen atoms in total. The van der Waals surface area contributed by atoms with Crippen molar-refractivity contribution in [3.63, 3.8) is 0 Å². The van der Waals surface area contributed by atoms with Gasteiger partial charge < -0.3 is 19.5 Å². The molecule has 2 aromatic rings. The van der Waals surface area contributed by atoms with Crippen molar-refractivity contribution < 1.29 is 23.8 Å². The van der Waals surface area contributed by atoms with Crippen LogP contribution in [0.15, 0.2) is 42.5 Å². The molecule has 3 rings (SSSR count). The number of hydrogen-bond acceptors (Lipinski definition) is 4. The number of aryl methyl sites for hydroxylation is 2. The van der Waals surface area contributed by atoms with Crippen molar-refractivity contribution in [3.8, 4) is 11.5 Å². The van der Waals surface area contributed by atoms with Gasteiger partial charge in [-0.2, -0.15) is 0 Å². The van der Waals surface area contributed by atoms with E-state index in [4.69, 9.17) is 9.47 Å². The van der Waals surface area contributed by atoms with Gasteiger partial charge in [-0.25, -0.2) is 4.39 Å². The van der Waals surface area contributed by atoms with Crippen LogP contribution in [0.5, 0.6) is 11.5 Å². The van der Waals surface area contributed by atoms with Gasteiger partial charge in [0.1, 0.15) is 29.5 Å². The molecule has 1 aliphatic heterocycles. The molecule has 0 bridgehead atoms. The van der Waals surface area contributed by atoms with Crippen LogP contribution < -0.4 is 9.47 Å². The molecule has 1 amide bonds. The maximum absolute atomic E-state index is 12.9. The highest BCUT2D eigenvalue weighted by Gasteiger charge is 2.34. The van der Waals surface area contributed by atoms with Gasteiger partial charge in [0.2, 0.25) is 0 Å². The van der Waals surface area contributed by atoms with Crippen molar-refractivity contribution in [2.45, 2.75) is 32.3 Å². The van der Waals surface area contributed by atoms with Gasteiger partial charge in [0.15, 0.2) is 6.61 Å². The fourth-order valence-corrected chi connectivity index (χ4v) is 3.11. The Morgan fingerprint density at radius 2 is 1.68 bits per heavy atom. The molecule has 0 spiro atoms. The first-order chi connectivity index (χ1) is 13.3. The Bertz CT molecular complexity index is 814. The van der Waals surface area contributed by atoms with Gasteiger partial charge in [-0.3, -0.25) is 4.79 Å². The first-order valence-corrected chi connectivity index (χ1v) is 9.43. The van der Waals surface area contributed by atoms with Crippen LogP contribution in [0.2, 0.25) is 0 Å². The summed E-state index contributed by atoms with van der Waals surface area (Å²) in [6.45, 7) is 5.04. The highest BCUT2D eigenvalue weighted by Crippen LogP contribution is 2.25. The first kappa shape index (κ1) is 20.1. The van der Waals surface area contributed by atoms with E-state index in [0.29, 0.717) is 31.7 Å². The Kier molecular flexibility index (Phi) is 6.19. The van der Waals surface area contributed by atoms with Crippen LogP contribution in [0.3, 0.4) is 0 Å². The van der Waals surface area contributed by atoms with Crippen LogP contribution in [-0.4, -0.2) is 47.8 Å².